The van der Waals surface area contributed by atoms with Crippen LogP contribution in [-0.2, 0) is 16.1 Å². The molecule has 2 aromatic carbocycles. The number of benzene rings is 2. The molecule has 4 rings (SSSR count). The van der Waals surface area contributed by atoms with Crippen LogP contribution in [0.25, 0.3) is 0 Å². The molecule has 5 nitrogen and oxygen atoms in total. The Bertz CT molecular complexity index is 792. The van der Waals surface area contributed by atoms with Crippen molar-refractivity contribution in [2.24, 2.45) is 5.92 Å². The first-order valence-electron chi connectivity index (χ1n) is 9.57. The standard InChI is InChI=1S/C22H25NO4/c1-2-25-22(24)19-15-23(13-16-6-4-3-5-7-16)14-18(19)17-8-9-20-21(12-17)27-11-10-26-20/h3-9,12,18-19H,2,10-11,13-15H2,1H3. The van der Waals surface area contributed by atoms with Crippen molar-refractivity contribution in [2.75, 3.05) is 32.9 Å². The van der Waals surface area contributed by atoms with Crippen molar-refractivity contribution in [2.45, 2.75) is 19.4 Å². The van der Waals surface area contributed by atoms with E-state index in [1.807, 2.05) is 37.3 Å². The van der Waals surface area contributed by atoms with Crippen molar-refractivity contribution in [1.82, 2.24) is 4.90 Å². The minimum absolute atomic E-state index is 0.0867. The van der Waals surface area contributed by atoms with Crippen LogP contribution >= 0.6 is 0 Å². The Morgan fingerprint density at radius 2 is 1.85 bits per heavy atom. The lowest BCUT2D eigenvalue weighted by atomic mass is 9.88. The molecule has 0 radical (unpaired) electrons. The van der Waals surface area contributed by atoms with Crippen LogP contribution < -0.4 is 9.47 Å². The Hall–Kier alpha value is -2.53. The van der Waals surface area contributed by atoms with Crippen molar-refractivity contribution in [3.05, 3.63) is 59.7 Å². The second kappa shape index (κ2) is 8.01. The molecule has 27 heavy (non-hydrogen) atoms. The monoisotopic (exact) mass is 367 g/mol. The van der Waals surface area contributed by atoms with E-state index in [0.29, 0.717) is 26.4 Å². The molecule has 0 N–H and O–H groups in total. The SMILES string of the molecule is CCOC(=O)C1CN(Cc2ccccc2)CC1c1ccc2c(c1)OCCO2. The number of carbonyl (C=O) groups is 1. The molecule has 142 valence electrons. The Balaban J connectivity index is 1.57. The highest BCUT2D eigenvalue weighted by molar-refractivity contribution is 5.74. The van der Waals surface area contributed by atoms with Gasteiger partial charge in [-0.15, -0.1) is 0 Å². The maximum Gasteiger partial charge on any atom is 0.310 e. The Morgan fingerprint density at radius 3 is 2.63 bits per heavy atom. The van der Waals surface area contributed by atoms with Gasteiger partial charge in [0.15, 0.2) is 11.5 Å². The Labute approximate surface area is 159 Å². The third kappa shape index (κ3) is 3.93. The molecular formula is C22H25NO4. The summed E-state index contributed by atoms with van der Waals surface area (Å²) in [6.07, 6.45) is 0. The zero-order valence-electron chi connectivity index (χ0n) is 15.6. The van der Waals surface area contributed by atoms with Crippen molar-refractivity contribution in [3.63, 3.8) is 0 Å². The molecule has 2 aromatic rings. The van der Waals surface area contributed by atoms with Crippen molar-refractivity contribution in [1.29, 1.82) is 0 Å². The molecule has 2 unspecified atom stereocenters. The van der Waals surface area contributed by atoms with Crippen LogP contribution in [0.15, 0.2) is 48.5 Å². The predicted octanol–water partition coefficient (Wildman–Crippen LogP) is 3.24. The third-order valence-corrected chi connectivity index (χ3v) is 5.23. The molecule has 0 spiro atoms. The number of rotatable bonds is 5. The third-order valence-electron chi connectivity index (χ3n) is 5.23. The largest absolute Gasteiger partial charge is 0.486 e. The fourth-order valence-electron chi connectivity index (χ4n) is 3.97. The van der Waals surface area contributed by atoms with Gasteiger partial charge in [-0.2, -0.15) is 0 Å². The van der Waals surface area contributed by atoms with Gasteiger partial charge in [-0.3, -0.25) is 9.69 Å². The van der Waals surface area contributed by atoms with E-state index in [0.717, 1.165) is 30.2 Å². The van der Waals surface area contributed by atoms with Crippen molar-refractivity contribution < 1.29 is 19.0 Å². The van der Waals surface area contributed by atoms with E-state index in [1.165, 1.54) is 5.56 Å². The van der Waals surface area contributed by atoms with Gasteiger partial charge >= 0.3 is 5.97 Å². The van der Waals surface area contributed by atoms with Crippen LogP contribution in [0.5, 0.6) is 11.5 Å². The van der Waals surface area contributed by atoms with E-state index < -0.39 is 0 Å². The molecule has 2 aliphatic heterocycles. The van der Waals surface area contributed by atoms with Crippen LogP contribution in [0, 0.1) is 5.92 Å². The van der Waals surface area contributed by atoms with Crippen LogP contribution in [0.2, 0.25) is 0 Å². The summed E-state index contributed by atoms with van der Waals surface area (Å²) < 4.78 is 16.7. The molecule has 2 atom stereocenters. The van der Waals surface area contributed by atoms with Gasteiger partial charge in [0.2, 0.25) is 0 Å². The number of hydrogen-bond acceptors (Lipinski definition) is 5. The van der Waals surface area contributed by atoms with Crippen LogP contribution in [-0.4, -0.2) is 43.8 Å². The number of fused-ring (bicyclic) bond motifs is 1. The number of ether oxygens (including phenoxy) is 3. The second-order valence-corrected chi connectivity index (χ2v) is 7.05. The first-order valence-corrected chi connectivity index (χ1v) is 9.57. The molecule has 5 heteroatoms. The summed E-state index contributed by atoms with van der Waals surface area (Å²) in [5.74, 6) is 1.34. The molecule has 0 aromatic heterocycles. The minimum atomic E-state index is -0.170. The molecule has 0 bridgehead atoms. The molecule has 1 saturated heterocycles. The first kappa shape index (κ1) is 17.9. The normalized spacial score (nSPS) is 21.8. The smallest absolute Gasteiger partial charge is 0.310 e. The van der Waals surface area contributed by atoms with Gasteiger partial charge < -0.3 is 14.2 Å². The van der Waals surface area contributed by atoms with E-state index in [4.69, 9.17) is 14.2 Å². The lowest BCUT2D eigenvalue weighted by molar-refractivity contribution is -0.148. The van der Waals surface area contributed by atoms with Gasteiger partial charge in [-0.25, -0.2) is 0 Å². The number of likely N-dealkylation sites (tertiary alicyclic amines) is 1. The Kier molecular flexibility index (Phi) is 5.30. The predicted molar refractivity (Wildman–Crippen MR) is 102 cm³/mol. The second-order valence-electron chi connectivity index (χ2n) is 7.05. The van der Waals surface area contributed by atoms with E-state index in [-0.39, 0.29) is 17.8 Å². The lowest BCUT2D eigenvalue weighted by Crippen LogP contribution is -2.25. The quantitative estimate of drug-likeness (QED) is 0.760. The summed E-state index contributed by atoms with van der Waals surface area (Å²) in [6, 6.07) is 16.4. The number of nitrogens with zero attached hydrogens (tertiary/aromatic N) is 1. The average molecular weight is 367 g/mol. The molecule has 2 heterocycles. The summed E-state index contributed by atoms with van der Waals surface area (Å²) >= 11 is 0. The maximum absolute atomic E-state index is 12.6. The van der Waals surface area contributed by atoms with Gasteiger partial charge in [0.25, 0.3) is 0 Å². The van der Waals surface area contributed by atoms with Crippen LogP contribution in [0.4, 0.5) is 0 Å². The lowest BCUT2D eigenvalue weighted by Gasteiger charge is -2.22. The molecular weight excluding hydrogens is 342 g/mol. The van der Waals surface area contributed by atoms with E-state index in [9.17, 15) is 4.79 Å². The van der Waals surface area contributed by atoms with Gasteiger partial charge in [-0.05, 0) is 30.2 Å². The highest BCUT2D eigenvalue weighted by atomic mass is 16.6. The van der Waals surface area contributed by atoms with Gasteiger partial charge in [-0.1, -0.05) is 36.4 Å². The fraction of sp³-hybridized carbons (Fsp3) is 0.409. The molecule has 1 fully saturated rings. The van der Waals surface area contributed by atoms with E-state index in [1.54, 1.807) is 0 Å². The van der Waals surface area contributed by atoms with E-state index in [2.05, 4.69) is 23.1 Å². The summed E-state index contributed by atoms with van der Waals surface area (Å²) in [4.78, 5) is 14.9. The summed E-state index contributed by atoms with van der Waals surface area (Å²) in [7, 11) is 0. The molecule has 0 amide bonds. The highest BCUT2D eigenvalue weighted by Crippen LogP contribution is 2.39. The average Bonchev–Trinajstić information content (AvgIpc) is 3.12. The van der Waals surface area contributed by atoms with Crippen LogP contribution in [0.3, 0.4) is 0 Å². The van der Waals surface area contributed by atoms with Crippen LogP contribution in [0.1, 0.15) is 24.0 Å². The van der Waals surface area contributed by atoms with Crippen molar-refractivity contribution >= 4 is 5.97 Å². The maximum atomic E-state index is 12.6. The summed E-state index contributed by atoms with van der Waals surface area (Å²) in [6.45, 7) is 5.74. The van der Waals surface area contributed by atoms with Gasteiger partial charge in [0, 0.05) is 25.6 Å². The van der Waals surface area contributed by atoms with Crippen molar-refractivity contribution in [3.8, 4) is 11.5 Å². The number of esters is 1. The Morgan fingerprint density at radius 1 is 1.07 bits per heavy atom. The number of carbonyl (C=O) groups excluding carboxylic acids is 1. The zero-order valence-corrected chi connectivity index (χ0v) is 15.6. The van der Waals surface area contributed by atoms with Gasteiger partial charge in [0.05, 0.1) is 12.5 Å². The zero-order chi connectivity index (χ0) is 18.6. The fourth-order valence-corrected chi connectivity index (χ4v) is 3.97. The number of hydrogen-bond donors (Lipinski definition) is 0. The van der Waals surface area contributed by atoms with Gasteiger partial charge in [0.1, 0.15) is 13.2 Å². The molecule has 0 saturated carbocycles. The molecule has 2 aliphatic rings. The topological polar surface area (TPSA) is 48.0 Å². The minimum Gasteiger partial charge on any atom is -0.486 e. The molecule has 0 aliphatic carbocycles. The van der Waals surface area contributed by atoms with E-state index >= 15 is 0 Å². The summed E-state index contributed by atoms with van der Waals surface area (Å²) in [5, 5.41) is 0. The highest BCUT2D eigenvalue weighted by Gasteiger charge is 2.39. The first-order chi connectivity index (χ1) is 13.2. The summed E-state index contributed by atoms with van der Waals surface area (Å²) in [5.41, 5.74) is 2.36.